The molecule has 4 nitrogen and oxygen atoms in total. The molecular formula is C17H30N2O2. The Bertz CT molecular complexity index is 390. The van der Waals surface area contributed by atoms with Crippen molar-refractivity contribution in [3.63, 3.8) is 0 Å². The van der Waals surface area contributed by atoms with Gasteiger partial charge in [-0.2, -0.15) is 0 Å². The topological polar surface area (TPSA) is 52.6 Å². The van der Waals surface area contributed by atoms with Gasteiger partial charge in [-0.15, -0.1) is 0 Å². The van der Waals surface area contributed by atoms with E-state index < -0.39 is 11.5 Å². The lowest BCUT2D eigenvalue weighted by molar-refractivity contribution is -0.145. The van der Waals surface area contributed by atoms with Crippen LogP contribution in [0, 0.1) is 5.92 Å². The minimum atomic E-state index is -0.642. The number of rotatable bonds is 8. The van der Waals surface area contributed by atoms with Crippen molar-refractivity contribution >= 4 is 5.97 Å². The Kier molecular flexibility index (Phi) is 4.28. The summed E-state index contributed by atoms with van der Waals surface area (Å²) in [6, 6.07) is 1.67. The molecule has 0 heterocycles. The summed E-state index contributed by atoms with van der Waals surface area (Å²) in [6.45, 7) is 5.69. The number of carboxylic acid groups (broad SMARTS) is 1. The first-order valence-electron chi connectivity index (χ1n) is 8.77. The Hall–Kier alpha value is -0.610. The molecule has 3 aliphatic rings. The van der Waals surface area contributed by atoms with Crippen molar-refractivity contribution in [1.82, 2.24) is 10.2 Å². The monoisotopic (exact) mass is 294 g/mol. The summed E-state index contributed by atoms with van der Waals surface area (Å²) >= 11 is 0. The Morgan fingerprint density at radius 1 is 1.24 bits per heavy atom. The normalized spacial score (nSPS) is 33.0. The van der Waals surface area contributed by atoms with Crippen LogP contribution in [-0.2, 0) is 4.79 Å². The number of hydrogen-bond acceptors (Lipinski definition) is 3. The molecule has 0 saturated heterocycles. The second kappa shape index (κ2) is 5.88. The molecule has 3 saturated carbocycles. The predicted molar refractivity (Wildman–Crippen MR) is 83.3 cm³/mol. The van der Waals surface area contributed by atoms with Crippen molar-refractivity contribution in [2.75, 3.05) is 6.54 Å². The van der Waals surface area contributed by atoms with Crippen LogP contribution in [-0.4, -0.2) is 46.2 Å². The highest BCUT2D eigenvalue weighted by Crippen LogP contribution is 2.40. The quantitative estimate of drug-likeness (QED) is 0.722. The summed E-state index contributed by atoms with van der Waals surface area (Å²) in [5, 5.41) is 13.2. The summed E-state index contributed by atoms with van der Waals surface area (Å²) in [5.41, 5.74) is -0.642. The van der Waals surface area contributed by atoms with Crippen molar-refractivity contribution in [2.24, 2.45) is 5.92 Å². The smallest absolute Gasteiger partial charge is 0.323 e. The average molecular weight is 294 g/mol. The third-order valence-electron chi connectivity index (χ3n) is 5.41. The van der Waals surface area contributed by atoms with Gasteiger partial charge in [0.1, 0.15) is 5.54 Å². The van der Waals surface area contributed by atoms with Gasteiger partial charge < -0.3 is 5.11 Å². The molecule has 3 fully saturated rings. The molecule has 0 spiro atoms. The number of nitrogens with one attached hydrogen (secondary N) is 1. The fourth-order valence-electron chi connectivity index (χ4n) is 3.78. The zero-order valence-electron chi connectivity index (χ0n) is 13.5. The van der Waals surface area contributed by atoms with Crippen molar-refractivity contribution in [3.05, 3.63) is 0 Å². The van der Waals surface area contributed by atoms with Crippen molar-refractivity contribution in [1.29, 1.82) is 0 Å². The van der Waals surface area contributed by atoms with E-state index in [1.54, 1.807) is 0 Å². The van der Waals surface area contributed by atoms with Gasteiger partial charge in [-0.1, -0.05) is 13.8 Å². The average Bonchev–Trinajstić information content (AvgIpc) is 3.31. The Balaban J connectivity index is 1.63. The van der Waals surface area contributed by atoms with E-state index in [-0.39, 0.29) is 0 Å². The zero-order chi connectivity index (χ0) is 15.0. The minimum absolute atomic E-state index is 0.463. The molecule has 0 aliphatic heterocycles. The first-order valence-corrected chi connectivity index (χ1v) is 8.77. The highest BCUT2D eigenvalue weighted by atomic mass is 16.4. The third-order valence-corrected chi connectivity index (χ3v) is 5.41. The lowest BCUT2D eigenvalue weighted by Gasteiger charge is -2.32. The van der Waals surface area contributed by atoms with Crippen LogP contribution in [0.1, 0.15) is 65.2 Å². The molecule has 0 amide bonds. The van der Waals surface area contributed by atoms with E-state index in [9.17, 15) is 9.90 Å². The van der Waals surface area contributed by atoms with Gasteiger partial charge in [-0.05, 0) is 63.8 Å². The van der Waals surface area contributed by atoms with E-state index in [0.717, 1.165) is 50.6 Å². The maximum absolute atomic E-state index is 11.8. The van der Waals surface area contributed by atoms with Crippen molar-refractivity contribution in [3.8, 4) is 0 Å². The SMILES string of the molecule is CC(C)CCN(C1CC1)C1CCC(NC2CC2)(C(=O)O)C1. The standard InChI is InChI=1S/C17H30N2O2/c1-12(2)8-10-19(14-5-6-14)15-7-9-17(11-15,16(20)21)18-13-3-4-13/h12-15,18H,3-11H2,1-2H3,(H,20,21). The van der Waals surface area contributed by atoms with E-state index in [0.29, 0.717) is 12.1 Å². The van der Waals surface area contributed by atoms with Gasteiger partial charge in [0.2, 0.25) is 0 Å². The molecular weight excluding hydrogens is 264 g/mol. The molecule has 120 valence electrons. The number of hydrogen-bond donors (Lipinski definition) is 2. The van der Waals surface area contributed by atoms with Gasteiger partial charge in [-0.3, -0.25) is 15.0 Å². The van der Waals surface area contributed by atoms with Crippen molar-refractivity contribution < 1.29 is 9.90 Å². The molecule has 0 bridgehead atoms. The molecule has 4 heteroatoms. The Morgan fingerprint density at radius 3 is 2.48 bits per heavy atom. The lowest BCUT2D eigenvalue weighted by Crippen LogP contribution is -2.52. The van der Waals surface area contributed by atoms with E-state index in [1.165, 1.54) is 19.3 Å². The van der Waals surface area contributed by atoms with E-state index in [4.69, 9.17) is 0 Å². The number of aliphatic carboxylic acids is 1. The first-order chi connectivity index (χ1) is 10.00. The molecule has 0 radical (unpaired) electrons. The second-order valence-electron chi connectivity index (χ2n) is 7.85. The summed E-state index contributed by atoms with van der Waals surface area (Å²) in [6.07, 6.45) is 8.79. The van der Waals surface area contributed by atoms with Crippen LogP contribution < -0.4 is 5.32 Å². The molecule has 0 aromatic carbocycles. The molecule has 3 aliphatic carbocycles. The largest absolute Gasteiger partial charge is 0.480 e. The fourth-order valence-corrected chi connectivity index (χ4v) is 3.78. The molecule has 2 unspecified atom stereocenters. The van der Waals surface area contributed by atoms with Gasteiger partial charge in [0.15, 0.2) is 0 Å². The molecule has 0 aromatic heterocycles. The summed E-state index contributed by atoms with van der Waals surface area (Å²) < 4.78 is 0. The van der Waals surface area contributed by atoms with Gasteiger partial charge in [0, 0.05) is 18.1 Å². The van der Waals surface area contributed by atoms with Crippen molar-refractivity contribution in [2.45, 2.75) is 88.9 Å². The molecule has 21 heavy (non-hydrogen) atoms. The Labute approximate surface area is 128 Å². The zero-order valence-corrected chi connectivity index (χ0v) is 13.5. The molecule has 2 N–H and O–H groups in total. The fraction of sp³-hybridized carbons (Fsp3) is 0.941. The minimum Gasteiger partial charge on any atom is -0.480 e. The second-order valence-corrected chi connectivity index (χ2v) is 7.85. The lowest BCUT2D eigenvalue weighted by atomic mass is 9.97. The maximum atomic E-state index is 11.8. The number of carbonyl (C=O) groups is 1. The highest BCUT2D eigenvalue weighted by molar-refractivity contribution is 5.79. The van der Waals surface area contributed by atoms with Crippen LogP contribution in [0.5, 0.6) is 0 Å². The Morgan fingerprint density at radius 2 is 1.95 bits per heavy atom. The summed E-state index contributed by atoms with van der Waals surface area (Å²) in [5.74, 6) is 0.0954. The maximum Gasteiger partial charge on any atom is 0.323 e. The summed E-state index contributed by atoms with van der Waals surface area (Å²) in [4.78, 5) is 14.5. The molecule has 3 rings (SSSR count). The van der Waals surface area contributed by atoms with Gasteiger partial charge in [0.25, 0.3) is 0 Å². The number of nitrogens with zero attached hydrogens (tertiary/aromatic N) is 1. The summed E-state index contributed by atoms with van der Waals surface area (Å²) in [7, 11) is 0. The number of carboxylic acids is 1. The van der Waals surface area contributed by atoms with Crippen LogP contribution in [0.3, 0.4) is 0 Å². The van der Waals surface area contributed by atoms with E-state index in [1.807, 2.05) is 0 Å². The highest BCUT2D eigenvalue weighted by Gasteiger charge is 2.50. The third kappa shape index (κ3) is 3.59. The van der Waals surface area contributed by atoms with Gasteiger partial charge >= 0.3 is 5.97 Å². The van der Waals surface area contributed by atoms with Gasteiger partial charge in [-0.25, -0.2) is 0 Å². The van der Waals surface area contributed by atoms with Crippen LogP contribution in [0.4, 0.5) is 0 Å². The molecule has 2 atom stereocenters. The predicted octanol–water partition coefficient (Wildman–Crippen LogP) is 2.62. The van der Waals surface area contributed by atoms with Crippen LogP contribution >= 0.6 is 0 Å². The molecule has 0 aromatic rings. The van der Waals surface area contributed by atoms with E-state index in [2.05, 4.69) is 24.1 Å². The van der Waals surface area contributed by atoms with Crippen LogP contribution in [0.2, 0.25) is 0 Å². The van der Waals surface area contributed by atoms with Gasteiger partial charge in [0.05, 0.1) is 0 Å². The first kappa shape index (κ1) is 15.3. The van der Waals surface area contributed by atoms with E-state index >= 15 is 0 Å². The van der Waals surface area contributed by atoms with Crippen LogP contribution in [0.15, 0.2) is 0 Å². The van der Waals surface area contributed by atoms with Crippen LogP contribution in [0.25, 0.3) is 0 Å².